The van der Waals surface area contributed by atoms with Gasteiger partial charge in [-0.15, -0.1) is 5.06 Å². The molecule has 0 radical (unpaired) electrons. The highest BCUT2D eigenvalue weighted by Gasteiger charge is 2.49. The molecule has 3 aliphatic heterocycles. The molecule has 1 saturated heterocycles. The Morgan fingerprint density at radius 3 is 1.83 bits per heavy atom. The lowest BCUT2D eigenvalue weighted by Gasteiger charge is -2.31. The SMILES string of the molecule is CCN1C(=CC=C2CCCC(C=CC3=[N+](CCCC(=O)ON4C(=O)CCC4=O)c4ccc5c(S(=O)(=O)[O-])cc(S(=O)(=O)[O-])cc5c4C3(C)CCOC)=C2Cl)C(C)(CCCS(=O)(=O)[O-])c2c1ccc1c(S(=O)(=O)[O-])cc(S(=O)(=O)[O-])cc21. The Kier molecular flexibility index (Phi) is 17.0. The van der Waals surface area contributed by atoms with Gasteiger partial charge < -0.3 is 37.2 Å². The number of hydrogen-bond acceptors (Lipinski definition) is 21. The van der Waals surface area contributed by atoms with E-state index in [1.165, 1.54) is 31.4 Å². The molecule has 81 heavy (non-hydrogen) atoms. The summed E-state index contributed by atoms with van der Waals surface area (Å²) in [6.45, 7) is 5.48. The minimum atomic E-state index is -5.40. The lowest BCUT2D eigenvalue weighted by molar-refractivity contribution is -0.438. The molecule has 2 amide bonds. The first-order valence-corrected chi connectivity index (χ1v) is 32.7. The van der Waals surface area contributed by atoms with Gasteiger partial charge in [-0.25, -0.2) is 46.9 Å². The van der Waals surface area contributed by atoms with E-state index >= 15 is 0 Å². The van der Waals surface area contributed by atoms with Gasteiger partial charge in [0.15, 0.2) is 5.71 Å². The zero-order valence-corrected chi connectivity index (χ0v) is 48.6. The van der Waals surface area contributed by atoms with Crippen LogP contribution in [0, 0.1) is 0 Å². The van der Waals surface area contributed by atoms with Crippen LogP contribution in [-0.2, 0) is 85.4 Å². The first-order valence-electron chi connectivity index (χ1n) is 25.1. The van der Waals surface area contributed by atoms with Gasteiger partial charge in [-0.1, -0.05) is 29.8 Å². The number of halogens is 1. The van der Waals surface area contributed by atoms with E-state index in [9.17, 15) is 79.2 Å². The van der Waals surface area contributed by atoms with E-state index in [1.807, 2.05) is 0 Å². The van der Waals surface area contributed by atoms with Crippen molar-refractivity contribution in [2.24, 2.45) is 0 Å². The van der Waals surface area contributed by atoms with Gasteiger partial charge in [0, 0.05) is 90.2 Å². The zero-order chi connectivity index (χ0) is 59.6. The minimum Gasteiger partial charge on any atom is -0.748 e. The fourth-order valence-electron chi connectivity index (χ4n) is 11.4. The number of carbonyl (C=O) groups excluding carboxylic acids is 3. The number of hydrogen-bond donors (Lipinski definition) is 0. The van der Waals surface area contributed by atoms with E-state index in [4.69, 9.17) is 21.2 Å². The van der Waals surface area contributed by atoms with Crippen LogP contribution in [0.15, 0.2) is 114 Å². The molecule has 0 aromatic heterocycles. The molecule has 23 nitrogen and oxygen atoms in total. The Bertz CT molecular complexity index is 4120. The van der Waals surface area contributed by atoms with Gasteiger partial charge in [-0.05, 0) is 135 Å². The number of ether oxygens (including phenoxy) is 1. The van der Waals surface area contributed by atoms with Gasteiger partial charge in [-0.2, -0.15) is 4.58 Å². The average molecular weight is 1230 g/mol. The van der Waals surface area contributed by atoms with Gasteiger partial charge in [0.25, 0.3) is 11.8 Å². The van der Waals surface area contributed by atoms with Crippen molar-refractivity contribution in [2.75, 3.05) is 37.5 Å². The van der Waals surface area contributed by atoms with Crippen molar-refractivity contribution in [2.45, 2.75) is 115 Å². The summed E-state index contributed by atoms with van der Waals surface area (Å²) in [5.41, 5.74) is 0.850. The average Bonchev–Trinajstić information content (AvgIpc) is 4.13. The number of likely N-dealkylation sites (N-methyl/N-ethyl adjacent to an activating group) is 1. The Balaban J connectivity index is 1.27. The van der Waals surface area contributed by atoms with Crippen LogP contribution in [0.25, 0.3) is 21.5 Å². The predicted molar refractivity (Wildman–Crippen MR) is 286 cm³/mol. The second-order valence-corrected chi connectivity index (χ2v) is 27.6. The molecular weight excluding hydrogens is 1180 g/mol. The summed E-state index contributed by atoms with van der Waals surface area (Å²) >= 11 is 7.29. The predicted octanol–water partition coefficient (Wildman–Crippen LogP) is 5.56. The molecule has 1 fully saturated rings. The Hall–Kier alpha value is -5.76. The number of benzene rings is 4. The second kappa shape index (κ2) is 22.4. The number of amides is 2. The summed E-state index contributed by atoms with van der Waals surface area (Å²) in [7, 11) is -24.8. The van der Waals surface area contributed by atoms with Crippen molar-refractivity contribution < 1.29 is 93.4 Å². The van der Waals surface area contributed by atoms with Gasteiger partial charge in [-0.3, -0.25) is 9.59 Å². The molecule has 0 saturated carbocycles. The van der Waals surface area contributed by atoms with Crippen molar-refractivity contribution in [1.29, 1.82) is 0 Å². The fraction of sp³-hybridized carbons (Fsp3) is 0.385. The van der Waals surface area contributed by atoms with Crippen LogP contribution < -0.4 is 4.90 Å². The van der Waals surface area contributed by atoms with Crippen LogP contribution in [0.4, 0.5) is 11.4 Å². The smallest absolute Gasteiger partial charge is 0.333 e. The maximum absolute atomic E-state index is 13.1. The molecule has 3 heterocycles. The zero-order valence-electron chi connectivity index (χ0n) is 43.8. The summed E-state index contributed by atoms with van der Waals surface area (Å²) < 4.78 is 194. The fourth-order valence-corrected chi connectivity index (χ4v) is 14.9. The Morgan fingerprint density at radius 2 is 1.28 bits per heavy atom. The Labute approximate surface area is 472 Å². The number of hydroxylamine groups is 2. The van der Waals surface area contributed by atoms with Crippen molar-refractivity contribution in [3.05, 3.63) is 106 Å². The maximum atomic E-state index is 13.1. The molecule has 0 N–H and O–H groups in total. The van der Waals surface area contributed by atoms with Crippen LogP contribution in [0.3, 0.4) is 0 Å². The van der Waals surface area contributed by atoms with Crippen LogP contribution in [-0.4, -0.2) is 131 Å². The first kappa shape index (κ1) is 61.3. The number of allylic oxidation sites excluding steroid dienone is 8. The van der Waals surface area contributed by atoms with E-state index < -0.39 is 105 Å². The number of imide groups is 1. The summed E-state index contributed by atoms with van der Waals surface area (Å²) in [6.07, 6.45) is 7.46. The number of fused-ring (bicyclic) bond motifs is 6. The molecule has 436 valence electrons. The summed E-state index contributed by atoms with van der Waals surface area (Å²) in [4.78, 5) is 40.5. The van der Waals surface area contributed by atoms with Crippen LogP contribution in [0.5, 0.6) is 0 Å². The highest BCUT2D eigenvalue weighted by molar-refractivity contribution is 7.87. The number of methoxy groups -OCH3 is 1. The van der Waals surface area contributed by atoms with Crippen LogP contribution >= 0.6 is 11.6 Å². The molecule has 4 aliphatic rings. The van der Waals surface area contributed by atoms with E-state index in [2.05, 4.69) is 0 Å². The molecule has 0 bridgehead atoms. The van der Waals surface area contributed by atoms with E-state index in [0.29, 0.717) is 76.0 Å². The number of rotatable bonds is 20. The summed E-state index contributed by atoms with van der Waals surface area (Å²) in [5, 5.41) is 0.174. The molecule has 4 aromatic rings. The van der Waals surface area contributed by atoms with Gasteiger partial charge >= 0.3 is 5.97 Å². The number of anilines is 1. The molecule has 4 aromatic carbocycles. The molecule has 1 aliphatic carbocycles. The lowest BCUT2D eigenvalue weighted by atomic mass is 9.74. The van der Waals surface area contributed by atoms with Crippen molar-refractivity contribution in [3.63, 3.8) is 0 Å². The van der Waals surface area contributed by atoms with Crippen LogP contribution in [0.2, 0.25) is 0 Å². The molecular formula is C52H52ClN3O20S5-4. The third kappa shape index (κ3) is 12.2. The first-order chi connectivity index (χ1) is 37.6. The highest BCUT2D eigenvalue weighted by Crippen LogP contribution is 2.55. The third-order valence-corrected chi connectivity index (χ3v) is 19.8. The number of nitrogens with zero attached hydrogens (tertiary/aromatic N) is 3. The molecule has 2 unspecified atom stereocenters. The highest BCUT2D eigenvalue weighted by atomic mass is 35.5. The quantitative estimate of drug-likeness (QED) is 0.0594. The standard InChI is InChI=1S/C52H56ClN3O20S5/c1-5-54-39-16-14-35-37(27-33(78(63,64)65)29-41(35)80(69,70)71)48(39)51(2,22-8-26-77(60,61)62)43(54)18-12-31-9-6-10-32(50(31)53)13-19-44-52(3,23-25-75-4)49-38-28-34(79(66,67)68)30-42(81(72,73)74)36(38)15-17-40(49)55(44)24-7-11-47(59)76-56-45(57)20-21-46(56)58/h12-19,27-30H,5-11,20-26H2,1-4H3,(H4-,60,61,62,63,64,65,66,67,68,69,70,71,72,73,74)/p-4. The molecule has 29 heteroatoms. The lowest BCUT2D eigenvalue weighted by Crippen LogP contribution is -2.33. The molecule has 8 rings (SSSR count). The third-order valence-electron chi connectivity index (χ3n) is 15.1. The van der Waals surface area contributed by atoms with Crippen molar-refractivity contribution >= 4 is 119 Å². The van der Waals surface area contributed by atoms with E-state index in [1.54, 1.807) is 54.6 Å². The largest absolute Gasteiger partial charge is 0.748 e. The monoisotopic (exact) mass is 1230 g/mol. The van der Waals surface area contributed by atoms with E-state index in [0.717, 1.165) is 12.1 Å². The second-order valence-electron chi connectivity index (χ2n) is 20.2. The topological polar surface area (TPSA) is 365 Å². The summed E-state index contributed by atoms with van der Waals surface area (Å²) in [6, 6.07) is 8.59. The molecule has 0 spiro atoms. The van der Waals surface area contributed by atoms with Gasteiger partial charge in [0.2, 0.25) is 5.69 Å². The van der Waals surface area contributed by atoms with Crippen molar-refractivity contribution in [3.8, 4) is 0 Å². The van der Waals surface area contributed by atoms with Gasteiger partial charge in [0.1, 0.15) is 47.0 Å². The number of carbonyl (C=O) groups is 3. The molecule has 2 atom stereocenters. The minimum absolute atomic E-state index is 0.00263. The maximum Gasteiger partial charge on any atom is 0.333 e. The van der Waals surface area contributed by atoms with Gasteiger partial charge in [0.05, 0.1) is 41.5 Å². The van der Waals surface area contributed by atoms with Crippen molar-refractivity contribution in [1.82, 2.24) is 5.06 Å². The Morgan fingerprint density at radius 1 is 0.704 bits per heavy atom. The summed E-state index contributed by atoms with van der Waals surface area (Å²) in [5.74, 6) is -3.08. The van der Waals surface area contributed by atoms with Crippen LogP contribution in [0.1, 0.15) is 96.1 Å². The van der Waals surface area contributed by atoms with E-state index in [-0.39, 0.29) is 96.8 Å². The normalized spacial score (nSPS) is 21.3.